The van der Waals surface area contributed by atoms with Crippen molar-refractivity contribution in [2.45, 2.75) is 44.8 Å². The molecular formula is C15H21NO. The second-order valence-corrected chi connectivity index (χ2v) is 5.86. The first-order chi connectivity index (χ1) is 8.17. The Morgan fingerprint density at radius 1 is 1.29 bits per heavy atom. The van der Waals surface area contributed by atoms with Crippen LogP contribution in [0.4, 0.5) is 0 Å². The quantitative estimate of drug-likeness (QED) is 0.858. The second-order valence-electron chi connectivity index (χ2n) is 5.86. The molecule has 1 unspecified atom stereocenters. The minimum Gasteiger partial charge on any atom is -0.486 e. The van der Waals surface area contributed by atoms with Gasteiger partial charge in [0.05, 0.1) is 6.04 Å². The Kier molecular flexibility index (Phi) is 2.62. The zero-order valence-electron chi connectivity index (χ0n) is 10.7. The number of rotatable bonds is 4. The standard InChI is InChI=1S/C15H21NO/c1-15(2)14(16-10-9-11-7-8-11)12-5-3-4-6-13(12)17-15/h3-6,11,14,16H,7-10H2,1-2H3. The average Bonchev–Trinajstić information content (AvgIpc) is 3.05. The van der Waals surface area contributed by atoms with Crippen molar-refractivity contribution in [1.29, 1.82) is 0 Å². The van der Waals surface area contributed by atoms with Crippen LogP contribution in [0.2, 0.25) is 0 Å². The molecule has 0 amide bonds. The van der Waals surface area contributed by atoms with Crippen LogP contribution < -0.4 is 10.1 Å². The van der Waals surface area contributed by atoms with Gasteiger partial charge < -0.3 is 10.1 Å². The van der Waals surface area contributed by atoms with Gasteiger partial charge in [-0.05, 0) is 38.8 Å². The molecule has 1 aliphatic carbocycles. The maximum Gasteiger partial charge on any atom is 0.125 e. The predicted molar refractivity (Wildman–Crippen MR) is 69.2 cm³/mol. The average molecular weight is 231 g/mol. The Balaban J connectivity index is 1.71. The molecule has 0 aromatic heterocycles. The Labute approximate surface area is 103 Å². The molecule has 2 aliphatic rings. The fraction of sp³-hybridized carbons (Fsp3) is 0.600. The molecule has 3 rings (SSSR count). The summed E-state index contributed by atoms with van der Waals surface area (Å²) in [5.41, 5.74) is 1.18. The summed E-state index contributed by atoms with van der Waals surface area (Å²) in [5.74, 6) is 2.03. The summed E-state index contributed by atoms with van der Waals surface area (Å²) < 4.78 is 6.02. The molecule has 0 spiro atoms. The second kappa shape index (κ2) is 4.02. The lowest BCUT2D eigenvalue weighted by molar-refractivity contribution is 0.0963. The lowest BCUT2D eigenvalue weighted by Gasteiger charge is -2.27. The van der Waals surface area contributed by atoms with Gasteiger partial charge in [0.15, 0.2) is 0 Å². The van der Waals surface area contributed by atoms with Crippen LogP contribution in [0.3, 0.4) is 0 Å². The lowest BCUT2D eigenvalue weighted by atomic mass is 9.94. The van der Waals surface area contributed by atoms with Crippen molar-refractivity contribution >= 4 is 0 Å². The van der Waals surface area contributed by atoms with E-state index in [1.165, 1.54) is 24.8 Å². The Morgan fingerprint density at radius 3 is 2.82 bits per heavy atom. The molecule has 1 saturated carbocycles. The van der Waals surface area contributed by atoms with Crippen molar-refractivity contribution in [2.24, 2.45) is 5.92 Å². The highest BCUT2D eigenvalue weighted by atomic mass is 16.5. The molecule has 1 aromatic rings. The predicted octanol–water partition coefficient (Wildman–Crippen LogP) is 3.29. The van der Waals surface area contributed by atoms with Crippen LogP contribution in [0.15, 0.2) is 24.3 Å². The smallest absolute Gasteiger partial charge is 0.125 e. The monoisotopic (exact) mass is 231 g/mol. The third kappa shape index (κ3) is 2.19. The molecule has 92 valence electrons. The van der Waals surface area contributed by atoms with E-state index in [0.29, 0.717) is 6.04 Å². The number of ether oxygens (including phenoxy) is 1. The van der Waals surface area contributed by atoms with Gasteiger partial charge in [0.1, 0.15) is 11.4 Å². The van der Waals surface area contributed by atoms with Gasteiger partial charge in [-0.1, -0.05) is 31.0 Å². The van der Waals surface area contributed by atoms with Gasteiger partial charge in [0.25, 0.3) is 0 Å². The van der Waals surface area contributed by atoms with E-state index in [1.54, 1.807) is 0 Å². The molecule has 0 radical (unpaired) electrons. The Morgan fingerprint density at radius 2 is 2.06 bits per heavy atom. The number of fused-ring (bicyclic) bond motifs is 1. The van der Waals surface area contributed by atoms with Gasteiger partial charge in [0, 0.05) is 5.56 Å². The summed E-state index contributed by atoms with van der Waals surface area (Å²) in [4.78, 5) is 0. The molecule has 1 heterocycles. The van der Waals surface area contributed by atoms with Crippen LogP contribution in [0.5, 0.6) is 5.75 Å². The summed E-state index contributed by atoms with van der Waals surface area (Å²) in [6.45, 7) is 5.44. The Hall–Kier alpha value is -1.02. The normalized spacial score (nSPS) is 25.4. The third-order valence-corrected chi connectivity index (χ3v) is 3.90. The highest BCUT2D eigenvalue weighted by Crippen LogP contribution is 2.42. The molecule has 1 fully saturated rings. The van der Waals surface area contributed by atoms with Gasteiger partial charge in [0.2, 0.25) is 0 Å². The molecule has 1 aliphatic heterocycles. The molecule has 1 aromatic carbocycles. The third-order valence-electron chi connectivity index (χ3n) is 3.90. The van der Waals surface area contributed by atoms with Gasteiger partial charge >= 0.3 is 0 Å². The van der Waals surface area contributed by atoms with Crippen LogP contribution in [0.1, 0.15) is 44.7 Å². The SMILES string of the molecule is CC1(C)Oc2ccccc2C1NCCC1CC1. The summed E-state index contributed by atoms with van der Waals surface area (Å²) >= 11 is 0. The molecule has 0 bridgehead atoms. The zero-order valence-corrected chi connectivity index (χ0v) is 10.7. The fourth-order valence-electron chi connectivity index (χ4n) is 2.72. The summed E-state index contributed by atoms with van der Waals surface area (Å²) in [6.07, 6.45) is 4.18. The van der Waals surface area contributed by atoms with Gasteiger partial charge in [-0.15, -0.1) is 0 Å². The maximum atomic E-state index is 6.02. The van der Waals surface area contributed by atoms with Crippen LogP contribution in [0, 0.1) is 5.92 Å². The van der Waals surface area contributed by atoms with Crippen LogP contribution >= 0.6 is 0 Å². The molecule has 1 atom stereocenters. The molecule has 17 heavy (non-hydrogen) atoms. The van der Waals surface area contributed by atoms with Gasteiger partial charge in [-0.25, -0.2) is 0 Å². The zero-order chi connectivity index (χ0) is 11.9. The fourth-order valence-corrected chi connectivity index (χ4v) is 2.72. The van der Waals surface area contributed by atoms with Crippen molar-refractivity contribution in [2.75, 3.05) is 6.54 Å². The summed E-state index contributed by atoms with van der Waals surface area (Å²) in [7, 11) is 0. The van der Waals surface area contributed by atoms with Crippen molar-refractivity contribution < 1.29 is 4.74 Å². The minimum absolute atomic E-state index is 0.132. The molecule has 2 heteroatoms. The highest BCUT2D eigenvalue weighted by Gasteiger charge is 2.40. The Bertz CT molecular complexity index is 409. The summed E-state index contributed by atoms with van der Waals surface area (Å²) in [6, 6.07) is 8.72. The number of nitrogens with one attached hydrogen (secondary N) is 1. The van der Waals surface area contributed by atoms with E-state index in [2.05, 4.69) is 37.4 Å². The van der Waals surface area contributed by atoms with Gasteiger partial charge in [-0.3, -0.25) is 0 Å². The van der Waals surface area contributed by atoms with Crippen LogP contribution in [0.25, 0.3) is 0 Å². The first kappa shape index (κ1) is 11.1. The van der Waals surface area contributed by atoms with Crippen molar-refractivity contribution in [3.8, 4) is 5.75 Å². The molecule has 1 N–H and O–H groups in total. The summed E-state index contributed by atoms with van der Waals surface area (Å²) in [5, 5.41) is 3.67. The first-order valence-electron chi connectivity index (χ1n) is 6.68. The van der Waals surface area contributed by atoms with E-state index < -0.39 is 0 Å². The highest BCUT2D eigenvalue weighted by molar-refractivity contribution is 5.42. The van der Waals surface area contributed by atoms with Crippen LogP contribution in [-0.4, -0.2) is 12.1 Å². The van der Waals surface area contributed by atoms with E-state index >= 15 is 0 Å². The van der Waals surface area contributed by atoms with Crippen molar-refractivity contribution in [3.05, 3.63) is 29.8 Å². The number of para-hydroxylation sites is 1. The van der Waals surface area contributed by atoms with E-state index in [4.69, 9.17) is 4.74 Å². The molecule has 0 saturated heterocycles. The first-order valence-corrected chi connectivity index (χ1v) is 6.68. The molecule has 2 nitrogen and oxygen atoms in total. The largest absolute Gasteiger partial charge is 0.486 e. The van der Waals surface area contributed by atoms with E-state index in [0.717, 1.165) is 18.2 Å². The molecular weight excluding hydrogens is 210 g/mol. The number of benzene rings is 1. The lowest BCUT2D eigenvalue weighted by Crippen LogP contribution is -2.39. The van der Waals surface area contributed by atoms with Crippen molar-refractivity contribution in [3.63, 3.8) is 0 Å². The number of hydrogen-bond acceptors (Lipinski definition) is 2. The van der Waals surface area contributed by atoms with E-state index in [-0.39, 0.29) is 5.60 Å². The van der Waals surface area contributed by atoms with E-state index in [9.17, 15) is 0 Å². The maximum absolute atomic E-state index is 6.02. The van der Waals surface area contributed by atoms with Crippen LogP contribution in [-0.2, 0) is 0 Å². The number of hydrogen-bond donors (Lipinski definition) is 1. The topological polar surface area (TPSA) is 21.3 Å². The van der Waals surface area contributed by atoms with E-state index in [1.807, 2.05) is 6.07 Å². The van der Waals surface area contributed by atoms with Gasteiger partial charge in [-0.2, -0.15) is 0 Å². The van der Waals surface area contributed by atoms with Crippen molar-refractivity contribution in [1.82, 2.24) is 5.32 Å². The minimum atomic E-state index is -0.132.